The van der Waals surface area contributed by atoms with Crippen LogP contribution in [0.4, 0.5) is 0 Å². The van der Waals surface area contributed by atoms with E-state index in [0.717, 1.165) is 19.5 Å². The highest BCUT2D eigenvalue weighted by atomic mass is 16.5. The number of piperidine rings is 1. The molecule has 0 aliphatic carbocycles. The highest BCUT2D eigenvalue weighted by Gasteiger charge is 2.43. The van der Waals surface area contributed by atoms with Crippen molar-refractivity contribution in [3.05, 3.63) is 42.9 Å². The van der Waals surface area contributed by atoms with E-state index < -0.39 is 0 Å². The number of likely N-dealkylation sites (tertiary alicyclic amines) is 1. The van der Waals surface area contributed by atoms with Gasteiger partial charge in [-0.2, -0.15) is 0 Å². The number of ether oxygens (including phenoxy) is 2. The van der Waals surface area contributed by atoms with Crippen molar-refractivity contribution in [1.82, 2.24) is 4.90 Å². The summed E-state index contributed by atoms with van der Waals surface area (Å²) in [6, 6.07) is 10.3. The third kappa shape index (κ3) is 2.23. The van der Waals surface area contributed by atoms with Crippen LogP contribution in [0, 0.1) is 7.05 Å². The zero-order valence-corrected chi connectivity index (χ0v) is 10.6. The lowest BCUT2D eigenvalue weighted by Crippen LogP contribution is -2.53. The van der Waals surface area contributed by atoms with Gasteiger partial charge in [-0.05, 0) is 25.1 Å². The van der Waals surface area contributed by atoms with Gasteiger partial charge in [-0.15, -0.1) is 0 Å². The third-order valence-electron chi connectivity index (χ3n) is 3.65. The Balaban J connectivity index is 2.35. The number of benzene rings is 1. The number of nitrogens with zero attached hydrogens (tertiary/aromatic N) is 1. The molecule has 0 radical (unpaired) electrons. The summed E-state index contributed by atoms with van der Waals surface area (Å²) in [4.78, 5) is 2.04. The van der Waals surface area contributed by atoms with Gasteiger partial charge in [-0.1, -0.05) is 30.3 Å². The van der Waals surface area contributed by atoms with E-state index in [4.69, 9.17) is 9.47 Å². The molecule has 0 aromatic heterocycles. The molecular weight excluding hydrogens is 214 g/mol. The molecule has 0 spiro atoms. The van der Waals surface area contributed by atoms with Gasteiger partial charge in [0.25, 0.3) is 0 Å². The summed E-state index contributed by atoms with van der Waals surface area (Å²) in [5.41, 5.74) is 0.840. The van der Waals surface area contributed by atoms with E-state index in [0.29, 0.717) is 0 Å². The predicted octanol–water partition coefficient (Wildman–Crippen LogP) is 2.04. The van der Waals surface area contributed by atoms with Crippen molar-refractivity contribution in [1.29, 1.82) is 0 Å². The van der Waals surface area contributed by atoms with Crippen LogP contribution in [-0.4, -0.2) is 38.3 Å². The molecule has 2 unspecified atom stereocenters. The van der Waals surface area contributed by atoms with Crippen molar-refractivity contribution in [2.24, 2.45) is 0 Å². The Kier molecular flexibility index (Phi) is 3.82. The first-order valence-electron chi connectivity index (χ1n) is 5.92. The van der Waals surface area contributed by atoms with E-state index in [2.05, 4.69) is 19.2 Å². The summed E-state index contributed by atoms with van der Waals surface area (Å²) in [6.07, 6.45) is 0.913. The molecule has 0 amide bonds. The van der Waals surface area contributed by atoms with Crippen LogP contribution in [0.1, 0.15) is 12.0 Å². The van der Waals surface area contributed by atoms with Gasteiger partial charge in [0.1, 0.15) is 11.7 Å². The maximum atomic E-state index is 5.84. The normalized spacial score (nSPS) is 30.4. The molecule has 2 rings (SSSR count). The maximum absolute atomic E-state index is 5.84. The second-order valence-corrected chi connectivity index (χ2v) is 4.51. The molecule has 1 aromatic rings. The van der Waals surface area contributed by atoms with E-state index in [9.17, 15) is 0 Å². The topological polar surface area (TPSA) is 21.7 Å². The van der Waals surface area contributed by atoms with Gasteiger partial charge in [-0.25, -0.2) is 0 Å². The lowest BCUT2D eigenvalue weighted by Gasteiger charge is -2.48. The Morgan fingerprint density at radius 3 is 2.59 bits per heavy atom. The van der Waals surface area contributed by atoms with Crippen molar-refractivity contribution in [2.75, 3.05) is 27.3 Å². The smallest absolute Gasteiger partial charge is 0.121 e. The van der Waals surface area contributed by atoms with Gasteiger partial charge in [0.2, 0.25) is 0 Å². The Morgan fingerprint density at radius 2 is 2.00 bits per heavy atom. The molecule has 1 saturated heterocycles. The molecule has 3 heteroatoms. The molecule has 1 aliphatic heterocycles. The maximum Gasteiger partial charge on any atom is 0.121 e. The first-order chi connectivity index (χ1) is 8.23. The van der Waals surface area contributed by atoms with E-state index >= 15 is 0 Å². The number of hydrogen-bond donors (Lipinski definition) is 0. The third-order valence-corrected chi connectivity index (χ3v) is 3.65. The predicted molar refractivity (Wildman–Crippen MR) is 67.5 cm³/mol. The van der Waals surface area contributed by atoms with Crippen molar-refractivity contribution in [2.45, 2.75) is 18.1 Å². The van der Waals surface area contributed by atoms with E-state index in [1.54, 1.807) is 14.2 Å². The average molecular weight is 234 g/mol. The summed E-state index contributed by atoms with van der Waals surface area (Å²) >= 11 is 0. The van der Waals surface area contributed by atoms with E-state index in [1.807, 2.05) is 23.1 Å². The Morgan fingerprint density at radius 1 is 1.29 bits per heavy atom. The molecule has 3 nitrogen and oxygen atoms in total. The van der Waals surface area contributed by atoms with E-state index in [1.165, 1.54) is 5.56 Å². The molecule has 0 bridgehead atoms. The van der Waals surface area contributed by atoms with Crippen LogP contribution < -0.4 is 0 Å². The molecule has 1 aromatic carbocycles. The van der Waals surface area contributed by atoms with Crippen LogP contribution in [-0.2, 0) is 15.1 Å². The van der Waals surface area contributed by atoms with Crippen molar-refractivity contribution in [3.8, 4) is 0 Å². The fourth-order valence-corrected chi connectivity index (χ4v) is 2.63. The lowest BCUT2D eigenvalue weighted by molar-refractivity contribution is -0.153. The molecule has 1 heterocycles. The fourth-order valence-electron chi connectivity index (χ4n) is 2.63. The lowest BCUT2D eigenvalue weighted by atomic mass is 9.82. The number of hydrogen-bond acceptors (Lipinski definition) is 3. The highest BCUT2D eigenvalue weighted by molar-refractivity contribution is 5.25. The summed E-state index contributed by atoms with van der Waals surface area (Å²) in [6.45, 7) is 1.71. The van der Waals surface area contributed by atoms with Crippen molar-refractivity contribution in [3.63, 3.8) is 0 Å². The van der Waals surface area contributed by atoms with Gasteiger partial charge in [0, 0.05) is 14.2 Å². The van der Waals surface area contributed by atoms with Crippen molar-refractivity contribution < 1.29 is 9.47 Å². The van der Waals surface area contributed by atoms with Gasteiger partial charge in [0.05, 0.1) is 0 Å². The van der Waals surface area contributed by atoms with Crippen LogP contribution in [0.25, 0.3) is 0 Å². The van der Waals surface area contributed by atoms with Gasteiger partial charge >= 0.3 is 0 Å². The molecular formula is C14H20NO2-. The summed E-state index contributed by atoms with van der Waals surface area (Å²) < 4.78 is 11.5. The first kappa shape index (κ1) is 12.6. The number of methoxy groups -OCH3 is 2. The average Bonchev–Trinajstić information content (AvgIpc) is 2.40. The monoisotopic (exact) mass is 234 g/mol. The Labute approximate surface area is 103 Å². The molecule has 0 N–H and O–H groups in total. The highest BCUT2D eigenvalue weighted by Crippen LogP contribution is 2.37. The quantitative estimate of drug-likeness (QED) is 0.747. The van der Waals surface area contributed by atoms with Gasteiger partial charge < -0.3 is 14.4 Å². The van der Waals surface area contributed by atoms with Crippen LogP contribution in [0.3, 0.4) is 0 Å². The van der Waals surface area contributed by atoms with Crippen LogP contribution in [0.5, 0.6) is 0 Å². The first-order valence-corrected chi connectivity index (χ1v) is 5.92. The minimum atomic E-state index is -0.343. The zero-order chi connectivity index (χ0) is 12.3. The second kappa shape index (κ2) is 5.17. The fraction of sp³-hybridized carbons (Fsp3) is 0.500. The largest absolute Gasteiger partial charge is 0.457 e. The molecule has 1 fully saturated rings. The minimum Gasteiger partial charge on any atom is -0.457 e. The van der Waals surface area contributed by atoms with Crippen LogP contribution >= 0.6 is 0 Å². The summed E-state index contributed by atoms with van der Waals surface area (Å²) in [7, 11) is 7.49. The van der Waals surface area contributed by atoms with Crippen molar-refractivity contribution >= 4 is 0 Å². The standard InChI is InChI=1S/C14H20NO2/c1-15-10-9-14(17-3,13(11-15)16-2)12-7-5-4-6-8-12/h4-8,13H,1,9-11H2,2-3H3/q-1. The Hall–Kier alpha value is -0.900. The molecule has 1 aliphatic rings. The summed E-state index contributed by atoms with van der Waals surface area (Å²) in [5, 5.41) is 0. The van der Waals surface area contributed by atoms with E-state index in [-0.39, 0.29) is 11.7 Å². The van der Waals surface area contributed by atoms with Gasteiger partial charge in [0.15, 0.2) is 0 Å². The van der Waals surface area contributed by atoms with Gasteiger partial charge in [-0.3, -0.25) is 7.05 Å². The Bertz CT molecular complexity index is 354. The molecule has 0 saturated carbocycles. The van der Waals surface area contributed by atoms with Crippen LogP contribution in [0.2, 0.25) is 0 Å². The second-order valence-electron chi connectivity index (χ2n) is 4.51. The molecule has 17 heavy (non-hydrogen) atoms. The molecule has 2 atom stereocenters. The SMILES string of the molecule is [CH2-]N1CCC(OC)(c2ccccc2)C(OC)C1. The zero-order valence-electron chi connectivity index (χ0n) is 10.6. The minimum absolute atomic E-state index is 0.0150. The molecule has 94 valence electrons. The van der Waals surface area contributed by atoms with Crippen LogP contribution in [0.15, 0.2) is 30.3 Å². The summed E-state index contributed by atoms with van der Waals surface area (Å²) in [5.74, 6) is 0. The number of rotatable bonds is 3.